The lowest BCUT2D eigenvalue weighted by atomic mass is 9.88. The second-order valence-corrected chi connectivity index (χ2v) is 7.91. The van der Waals surface area contributed by atoms with Gasteiger partial charge in [-0.15, -0.1) is 12.4 Å². The van der Waals surface area contributed by atoms with E-state index < -0.39 is 0 Å². The Bertz CT molecular complexity index is 821. The molecule has 3 rings (SSSR count). The fourth-order valence-electron chi connectivity index (χ4n) is 4.01. The van der Waals surface area contributed by atoms with Gasteiger partial charge in [-0.25, -0.2) is 0 Å². The number of carbonyl (C=O) groups excluding carboxylic acids is 2. The molecule has 0 heterocycles. The zero-order chi connectivity index (χ0) is 19.9. The molecule has 4 N–H and O–H groups in total. The monoisotopic (exact) mass is 417 g/mol. The predicted octanol–water partition coefficient (Wildman–Crippen LogP) is 3.85. The topological polar surface area (TPSA) is 84.2 Å². The number of nitrogens with two attached hydrogens (primary N) is 1. The van der Waals surface area contributed by atoms with Crippen LogP contribution in [0.1, 0.15) is 57.1 Å². The molecule has 5 nitrogen and oxygen atoms in total. The van der Waals surface area contributed by atoms with E-state index in [-0.39, 0.29) is 48.6 Å². The summed E-state index contributed by atoms with van der Waals surface area (Å²) >= 11 is 0. The normalized spacial score (nSPS) is 16.5. The van der Waals surface area contributed by atoms with E-state index >= 15 is 0 Å². The van der Waals surface area contributed by atoms with Crippen molar-refractivity contribution in [3.63, 3.8) is 0 Å². The second-order valence-electron chi connectivity index (χ2n) is 7.91. The Morgan fingerprint density at radius 3 is 2.41 bits per heavy atom. The molecule has 0 aliphatic heterocycles. The summed E-state index contributed by atoms with van der Waals surface area (Å²) in [4.78, 5) is 24.9. The molecule has 1 aliphatic carbocycles. The average Bonchev–Trinajstić information content (AvgIpc) is 2.72. The Morgan fingerprint density at radius 2 is 1.72 bits per heavy atom. The molecule has 158 valence electrons. The molecule has 6 heteroatoms. The number of hydrogen-bond donors (Lipinski definition) is 3. The van der Waals surface area contributed by atoms with Crippen molar-refractivity contribution in [3.05, 3.63) is 48.0 Å². The molecule has 2 atom stereocenters. The van der Waals surface area contributed by atoms with Crippen molar-refractivity contribution in [1.82, 2.24) is 10.6 Å². The van der Waals surface area contributed by atoms with Gasteiger partial charge in [0.15, 0.2) is 0 Å². The third-order valence-electron chi connectivity index (χ3n) is 5.60. The maximum atomic E-state index is 12.5. The molecular weight excluding hydrogens is 386 g/mol. The Kier molecular flexibility index (Phi) is 8.93. The highest BCUT2D eigenvalue weighted by Crippen LogP contribution is 2.24. The molecule has 29 heavy (non-hydrogen) atoms. The van der Waals surface area contributed by atoms with Crippen LogP contribution in [0.2, 0.25) is 0 Å². The lowest BCUT2D eigenvalue weighted by molar-refractivity contribution is -0.127. The van der Waals surface area contributed by atoms with E-state index in [0.717, 1.165) is 42.0 Å². The zero-order valence-corrected chi connectivity index (χ0v) is 17.8. The highest BCUT2D eigenvalue weighted by Gasteiger charge is 2.23. The predicted molar refractivity (Wildman–Crippen MR) is 120 cm³/mol. The number of benzene rings is 2. The van der Waals surface area contributed by atoms with Gasteiger partial charge in [0, 0.05) is 24.9 Å². The molecular formula is C23H32ClN3O2. The number of amides is 2. The number of hydrogen-bond acceptors (Lipinski definition) is 3. The van der Waals surface area contributed by atoms with E-state index in [1.165, 1.54) is 6.42 Å². The molecule has 0 radical (unpaired) electrons. The minimum Gasteiger partial charge on any atom is -0.353 e. The van der Waals surface area contributed by atoms with Gasteiger partial charge in [0.2, 0.25) is 11.8 Å². The summed E-state index contributed by atoms with van der Waals surface area (Å²) in [6, 6.07) is 13.8. The van der Waals surface area contributed by atoms with Crippen LogP contribution in [0.15, 0.2) is 42.5 Å². The Balaban J connectivity index is 0.00000300. The van der Waals surface area contributed by atoms with Gasteiger partial charge in [-0.05, 0) is 42.2 Å². The van der Waals surface area contributed by atoms with Crippen LogP contribution in [0.4, 0.5) is 0 Å². The van der Waals surface area contributed by atoms with Gasteiger partial charge in [0.25, 0.3) is 0 Å². The van der Waals surface area contributed by atoms with Gasteiger partial charge in [-0.2, -0.15) is 0 Å². The molecule has 0 saturated heterocycles. The van der Waals surface area contributed by atoms with Crippen LogP contribution < -0.4 is 16.4 Å². The minimum atomic E-state index is -0.238. The van der Waals surface area contributed by atoms with Crippen LogP contribution in [0, 0.1) is 5.92 Å². The zero-order valence-electron chi connectivity index (χ0n) is 17.0. The highest BCUT2D eigenvalue weighted by atomic mass is 35.5. The Labute approximate surface area is 179 Å². The van der Waals surface area contributed by atoms with Gasteiger partial charge in [0.1, 0.15) is 0 Å². The van der Waals surface area contributed by atoms with E-state index in [9.17, 15) is 9.59 Å². The van der Waals surface area contributed by atoms with Crippen LogP contribution in [-0.4, -0.2) is 24.4 Å². The van der Waals surface area contributed by atoms with Crippen molar-refractivity contribution in [1.29, 1.82) is 0 Å². The van der Waals surface area contributed by atoms with E-state index in [0.29, 0.717) is 6.54 Å². The van der Waals surface area contributed by atoms with Crippen molar-refractivity contribution >= 4 is 35.0 Å². The first kappa shape index (κ1) is 23.2. The van der Waals surface area contributed by atoms with Crippen molar-refractivity contribution < 1.29 is 9.59 Å². The van der Waals surface area contributed by atoms with Crippen molar-refractivity contribution in [2.24, 2.45) is 11.7 Å². The Morgan fingerprint density at radius 1 is 1.03 bits per heavy atom. The SMILES string of the molecule is CC(CC(=O)NC(CN)c1ccc2ccccc2c1)NC(=O)C1CCCCC1.Cl. The first-order valence-electron chi connectivity index (χ1n) is 10.4. The maximum absolute atomic E-state index is 12.5. The van der Waals surface area contributed by atoms with Crippen LogP contribution in [-0.2, 0) is 9.59 Å². The molecule has 1 fully saturated rings. The quantitative estimate of drug-likeness (QED) is 0.639. The van der Waals surface area contributed by atoms with Gasteiger partial charge < -0.3 is 16.4 Å². The smallest absolute Gasteiger partial charge is 0.223 e. The minimum absolute atomic E-state index is 0. The number of nitrogens with one attached hydrogen (secondary N) is 2. The van der Waals surface area contributed by atoms with Crippen LogP contribution >= 0.6 is 12.4 Å². The molecule has 2 aromatic rings. The van der Waals surface area contributed by atoms with Gasteiger partial charge in [-0.3, -0.25) is 9.59 Å². The maximum Gasteiger partial charge on any atom is 0.223 e. The van der Waals surface area contributed by atoms with Crippen LogP contribution in [0.3, 0.4) is 0 Å². The highest BCUT2D eigenvalue weighted by molar-refractivity contribution is 5.85. The number of fused-ring (bicyclic) bond motifs is 1. The van der Waals surface area contributed by atoms with Crippen molar-refractivity contribution in [2.75, 3.05) is 6.54 Å². The number of rotatable bonds is 7. The molecule has 2 aromatic carbocycles. The van der Waals surface area contributed by atoms with E-state index in [1.807, 2.05) is 31.2 Å². The standard InChI is InChI=1S/C23H31N3O2.ClH/c1-16(25-23(28)18-8-3-2-4-9-18)13-22(27)26-21(15-24)20-12-11-17-7-5-6-10-19(17)14-20;/h5-7,10-12,14,16,18,21H,2-4,8-9,13,15,24H2,1H3,(H,25,28)(H,26,27);1H. The lowest BCUT2D eigenvalue weighted by Gasteiger charge is -2.24. The number of carbonyl (C=O) groups is 2. The van der Waals surface area contributed by atoms with E-state index in [2.05, 4.69) is 28.8 Å². The second kappa shape index (κ2) is 11.2. The number of halogens is 1. The van der Waals surface area contributed by atoms with Crippen LogP contribution in [0.25, 0.3) is 10.8 Å². The summed E-state index contributed by atoms with van der Waals surface area (Å²) in [6.07, 6.45) is 5.64. The molecule has 0 bridgehead atoms. The van der Waals surface area contributed by atoms with Gasteiger partial charge in [0.05, 0.1) is 6.04 Å². The summed E-state index contributed by atoms with van der Waals surface area (Å²) in [7, 11) is 0. The molecule has 1 saturated carbocycles. The van der Waals surface area contributed by atoms with Gasteiger partial charge >= 0.3 is 0 Å². The van der Waals surface area contributed by atoms with E-state index in [4.69, 9.17) is 5.73 Å². The first-order valence-corrected chi connectivity index (χ1v) is 10.4. The first-order chi connectivity index (χ1) is 13.6. The fraction of sp³-hybridized carbons (Fsp3) is 0.478. The molecule has 0 spiro atoms. The third kappa shape index (κ3) is 6.44. The third-order valence-corrected chi connectivity index (χ3v) is 5.60. The summed E-state index contributed by atoms with van der Waals surface area (Å²) < 4.78 is 0. The Hall–Kier alpha value is -2.11. The van der Waals surface area contributed by atoms with Crippen LogP contribution in [0.5, 0.6) is 0 Å². The molecule has 2 amide bonds. The summed E-state index contributed by atoms with van der Waals surface area (Å²) in [6.45, 7) is 2.21. The lowest BCUT2D eigenvalue weighted by Crippen LogP contribution is -2.42. The average molecular weight is 418 g/mol. The summed E-state index contributed by atoms with van der Waals surface area (Å²) in [5, 5.41) is 8.31. The van der Waals surface area contributed by atoms with Gasteiger partial charge in [-0.1, -0.05) is 55.7 Å². The summed E-state index contributed by atoms with van der Waals surface area (Å²) in [5.41, 5.74) is 6.92. The molecule has 0 aromatic heterocycles. The molecule has 1 aliphatic rings. The van der Waals surface area contributed by atoms with Crippen molar-refractivity contribution in [3.8, 4) is 0 Å². The molecule has 2 unspecified atom stereocenters. The fourth-order valence-corrected chi connectivity index (χ4v) is 4.01. The largest absolute Gasteiger partial charge is 0.353 e. The summed E-state index contributed by atoms with van der Waals surface area (Å²) in [5.74, 6) is 0.0959. The van der Waals surface area contributed by atoms with E-state index in [1.54, 1.807) is 0 Å². The van der Waals surface area contributed by atoms with Crippen molar-refractivity contribution in [2.45, 2.75) is 57.5 Å².